The van der Waals surface area contributed by atoms with Crippen LogP contribution in [0.4, 0.5) is 0 Å². The molecule has 0 saturated carbocycles. The number of halogens is 1. The third-order valence-electron chi connectivity index (χ3n) is 2.75. The zero-order valence-electron chi connectivity index (χ0n) is 8.35. The Morgan fingerprint density at radius 2 is 1.50 bits per heavy atom. The van der Waals surface area contributed by atoms with Crippen molar-refractivity contribution >= 4 is 23.0 Å². The highest BCUT2D eigenvalue weighted by atomic mass is 127. The van der Waals surface area contributed by atoms with E-state index < -0.39 is 0 Å². The Hall–Kier alpha value is 0.650. The van der Waals surface area contributed by atoms with Gasteiger partial charge in [-0.05, 0) is 47.0 Å². The quantitative estimate of drug-likeness (QED) is 0.684. The van der Waals surface area contributed by atoms with Gasteiger partial charge < -0.3 is 0 Å². The van der Waals surface area contributed by atoms with E-state index in [9.17, 15) is 0 Å². The summed E-state index contributed by atoms with van der Waals surface area (Å²) in [5.74, 6) is 0. The van der Waals surface area contributed by atoms with E-state index in [1.807, 2.05) is 23.0 Å². The number of hydroxylamine groups is 2. The molecule has 1 fully saturated rings. The van der Waals surface area contributed by atoms with Crippen LogP contribution in [0.25, 0.3) is 0 Å². The van der Waals surface area contributed by atoms with Crippen LogP contribution in [0.1, 0.15) is 47.0 Å². The van der Waals surface area contributed by atoms with Crippen LogP contribution in [0.3, 0.4) is 0 Å². The molecule has 0 aliphatic carbocycles. The maximum absolute atomic E-state index is 5.42. The van der Waals surface area contributed by atoms with Gasteiger partial charge in [0.1, 0.15) is 23.0 Å². The molecule has 1 aliphatic rings. The van der Waals surface area contributed by atoms with Crippen molar-refractivity contribution in [3.8, 4) is 0 Å². The Balaban J connectivity index is 2.81. The molecule has 1 rings (SSSR count). The summed E-state index contributed by atoms with van der Waals surface area (Å²) in [6, 6.07) is 0. The van der Waals surface area contributed by atoms with E-state index in [2.05, 4.69) is 32.8 Å². The van der Waals surface area contributed by atoms with Gasteiger partial charge in [-0.1, -0.05) is 0 Å². The van der Waals surface area contributed by atoms with E-state index in [-0.39, 0.29) is 11.1 Å². The van der Waals surface area contributed by atoms with E-state index in [0.717, 1.165) is 0 Å². The summed E-state index contributed by atoms with van der Waals surface area (Å²) in [5, 5.41) is 2.13. The molecule has 0 aromatic rings. The minimum absolute atomic E-state index is 0.183. The Kier molecular flexibility index (Phi) is 3.06. The molecule has 0 aromatic carbocycles. The maximum atomic E-state index is 5.42. The Bertz CT molecular complexity index is 152. The third kappa shape index (κ3) is 1.93. The second kappa shape index (κ2) is 3.42. The Labute approximate surface area is 89.3 Å². The van der Waals surface area contributed by atoms with Crippen LogP contribution < -0.4 is 0 Å². The van der Waals surface area contributed by atoms with E-state index in [0.29, 0.717) is 0 Å². The van der Waals surface area contributed by atoms with Crippen LogP contribution >= 0.6 is 23.0 Å². The van der Waals surface area contributed by atoms with Gasteiger partial charge in [-0.3, -0.25) is 0 Å². The average molecular weight is 283 g/mol. The van der Waals surface area contributed by atoms with Gasteiger partial charge in [-0.2, -0.15) is 5.06 Å². The summed E-state index contributed by atoms with van der Waals surface area (Å²) in [6.45, 7) is 8.97. The zero-order chi connectivity index (χ0) is 9.41. The molecule has 1 saturated heterocycles. The Morgan fingerprint density at radius 3 is 1.75 bits per heavy atom. The third-order valence-corrected chi connectivity index (χ3v) is 3.14. The molecule has 0 atom stereocenters. The molecule has 0 N–H and O–H groups in total. The molecule has 0 unspecified atom stereocenters. The summed E-state index contributed by atoms with van der Waals surface area (Å²) in [5.41, 5.74) is 0.367. The molecular formula is C9H18INO. The van der Waals surface area contributed by atoms with E-state index in [1.54, 1.807) is 0 Å². The highest BCUT2D eigenvalue weighted by Crippen LogP contribution is 2.38. The first kappa shape index (κ1) is 10.7. The molecular weight excluding hydrogens is 265 g/mol. The van der Waals surface area contributed by atoms with Gasteiger partial charge in [-0.25, -0.2) is 3.17 Å². The second-order valence-corrected chi connectivity index (χ2v) is 5.24. The van der Waals surface area contributed by atoms with Crippen LogP contribution in [-0.2, 0) is 3.17 Å². The molecule has 1 aliphatic heterocycles. The summed E-state index contributed by atoms with van der Waals surface area (Å²) in [7, 11) is 0. The predicted molar refractivity (Wildman–Crippen MR) is 59.0 cm³/mol. The van der Waals surface area contributed by atoms with E-state index in [4.69, 9.17) is 3.17 Å². The van der Waals surface area contributed by atoms with Gasteiger partial charge in [0, 0.05) is 11.1 Å². The summed E-state index contributed by atoms with van der Waals surface area (Å²) < 4.78 is 5.42. The monoisotopic (exact) mass is 283 g/mol. The van der Waals surface area contributed by atoms with Crippen molar-refractivity contribution < 1.29 is 3.17 Å². The standard InChI is InChI=1S/C9H18INO/c1-8(2)6-5-7-9(3,4)11(8)12-10/h5-7H2,1-4H3. The van der Waals surface area contributed by atoms with Crippen LogP contribution in [0.15, 0.2) is 0 Å². The molecule has 0 aromatic heterocycles. The predicted octanol–water partition coefficient (Wildman–Crippen LogP) is 3.31. The lowest BCUT2D eigenvalue weighted by Crippen LogP contribution is -2.56. The van der Waals surface area contributed by atoms with Gasteiger partial charge in [0.05, 0.1) is 0 Å². The van der Waals surface area contributed by atoms with Gasteiger partial charge >= 0.3 is 0 Å². The van der Waals surface area contributed by atoms with Crippen LogP contribution in [0, 0.1) is 0 Å². The number of hydrogen-bond donors (Lipinski definition) is 0. The second-order valence-electron chi connectivity index (χ2n) is 4.84. The summed E-state index contributed by atoms with van der Waals surface area (Å²) in [6.07, 6.45) is 3.75. The van der Waals surface area contributed by atoms with Crippen molar-refractivity contribution in [3.05, 3.63) is 0 Å². The van der Waals surface area contributed by atoms with Gasteiger partial charge in [0.2, 0.25) is 0 Å². The number of piperidine rings is 1. The minimum Gasteiger partial charge on any atom is -0.229 e. The summed E-state index contributed by atoms with van der Waals surface area (Å²) in [4.78, 5) is 0. The molecule has 0 radical (unpaired) electrons. The van der Waals surface area contributed by atoms with Crippen LogP contribution in [-0.4, -0.2) is 16.1 Å². The molecule has 0 bridgehead atoms. The van der Waals surface area contributed by atoms with E-state index >= 15 is 0 Å². The molecule has 1 heterocycles. The number of hydrogen-bond acceptors (Lipinski definition) is 2. The lowest BCUT2D eigenvalue weighted by Gasteiger charge is -2.49. The first-order valence-corrected chi connectivity index (χ1v) is 5.37. The Morgan fingerprint density at radius 1 is 1.08 bits per heavy atom. The fraction of sp³-hybridized carbons (Fsp3) is 1.00. The topological polar surface area (TPSA) is 12.5 Å². The lowest BCUT2D eigenvalue weighted by molar-refractivity contribution is -0.189. The fourth-order valence-electron chi connectivity index (χ4n) is 2.16. The molecule has 2 nitrogen and oxygen atoms in total. The lowest BCUT2D eigenvalue weighted by atomic mass is 9.82. The van der Waals surface area contributed by atoms with Crippen molar-refractivity contribution in [2.75, 3.05) is 0 Å². The number of rotatable bonds is 1. The maximum Gasteiger partial charge on any atom is 0.137 e. The largest absolute Gasteiger partial charge is 0.229 e. The van der Waals surface area contributed by atoms with Crippen molar-refractivity contribution in [2.24, 2.45) is 0 Å². The number of nitrogens with zero attached hydrogens (tertiary/aromatic N) is 1. The van der Waals surface area contributed by atoms with Crippen molar-refractivity contribution in [3.63, 3.8) is 0 Å². The molecule has 12 heavy (non-hydrogen) atoms. The normalized spacial score (nSPS) is 28.8. The van der Waals surface area contributed by atoms with Gasteiger partial charge in [0.15, 0.2) is 0 Å². The smallest absolute Gasteiger partial charge is 0.137 e. The molecule has 0 amide bonds. The van der Waals surface area contributed by atoms with Crippen LogP contribution in [0.5, 0.6) is 0 Å². The minimum atomic E-state index is 0.183. The SMILES string of the molecule is CC1(C)CCCC(C)(C)N1OI. The zero-order valence-corrected chi connectivity index (χ0v) is 10.5. The first-order valence-electron chi connectivity index (χ1n) is 4.49. The van der Waals surface area contributed by atoms with E-state index in [1.165, 1.54) is 19.3 Å². The molecule has 0 spiro atoms. The van der Waals surface area contributed by atoms with Crippen LogP contribution in [0.2, 0.25) is 0 Å². The van der Waals surface area contributed by atoms with Crippen molar-refractivity contribution in [1.29, 1.82) is 0 Å². The van der Waals surface area contributed by atoms with Gasteiger partial charge in [0.25, 0.3) is 0 Å². The highest BCUT2D eigenvalue weighted by molar-refractivity contribution is 14.1. The fourth-order valence-corrected chi connectivity index (χ4v) is 3.23. The van der Waals surface area contributed by atoms with Crippen molar-refractivity contribution in [2.45, 2.75) is 58.0 Å². The first-order chi connectivity index (χ1) is 5.40. The van der Waals surface area contributed by atoms with Crippen molar-refractivity contribution in [1.82, 2.24) is 5.06 Å². The highest BCUT2D eigenvalue weighted by Gasteiger charge is 2.42. The molecule has 3 heteroatoms. The van der Waals surface area contributed by atoms with Gasteiger partial charge in [-0.15, -0.1) is 0 Å². The summed E-state index contributed by atoms with van der Waals surface area (Å²) >= 11 is 1.98. The average Bonchev–Trinajstić information content (AvgIpc) is 1.83. The molecule has 72 valence electrons.